The fraction of sp³-hybridized carbons (Fsp3) is 0.667. The molecule has 1 aliphatic rings. The molecule has 100 valence electrons. The fourth-order valence-electron chi connectivity index (χ4n) is 2.32. The zero-order valence-corrected chi connectivity index (χ0v) is 11.5. The molecule has 0 aliphatic carbocycles. The highest BCUT2D eigenvalue weighted by atomic mass is 32.2. The van der Waals surface area contributed by atoms with Gasteiger partial charge in [0.25, 0.3) is 0 Å². The highest BCUT2D eigenvalue weighted by Gasteiger charge is 2.22. The van der Waals surface area contributed by atoms with Crippen molar-refractivity contribution < 1.29 is 8.76 Å². The van der Waals surface area contributed by atoms with Crippen LogP contribution in [0.25, 0.3) is 0 Å². The van der Waals surface area contributed by atoms with Crippen LogP contribution in [0, 0.1) is 11.8 Å². The molecule has 5 nitrogen and oxygen atoms in total. The largest absolute Gasteiger partial charge is 0.768 e. The van der Waals surface area contributed by atoms with Gasteiger partial charge in [-0.1, -0.05) is 13.8 Å². The van der Waals surface area contributed by atoms with Crippen LogP contribution in [0.3, 0.4) is 0 Å². The number of piperidine rings is 1. The average Bonchev–Trinajstić information content (AvgIpc) is 2.39. The first-order valence-corrected chi connectivity index (χ1v) is 7.31. The predicted molar refractivity (Wildman–Crippen MR) is 69.0 cm³/mol. The molecule has 1 aromatic rings. The van der Waals surface area contributed by atoms with Crippen LogP contribution in [0.15, 0.2) is 17.3 Å². The summed E-state index contributed by atoms with van der Waals surface area (Å²) >= 11 is -2.25. The summed E-state index contributed by atoms with van der Waals surface area (Å²) in [5.74, 6) is 2.12. The Bertz CT molecular complexity index is 414. The molecule has 1 aromatic heterocycles. The smallest absolute Gasteiger partial charge is 0.225 e. The first-order chi connectivity index (χ1) is 8.58. The molecule has 0 aromatic carbocycles. The van der Waals surface area contributed by atoms with E-state index in [4.69, 9.17) is 0 Å². The monoisotopic (exact) mass is 268 g/mol. The maximum atomic E-state index is 10.7. The molecule has 1 aliphatic heterocycles. The lowest BCUT2D eigenvalue weighted by Crippen LogP contribution is -2.36. The van der Waals surface area contributed by atoms with Gasteiger partial charge < -0.3 is 9.45 Å². The third kappa shape index (κ3) is 3.05. The van der Waals surface area contributed by atoms with Gasteiger partial charge in [0.15, 0.2) is 0 Å². The van der Waals surface area contributed by atoms with Crippen LogP contribution in [0.1, 0.15) is 26.7 Å². The Labute approximate surface area is 110 Å². The molecule has 6 heteroatoms. The Morgan fingerprint density at radius 2 is 1.89 bits per heavy atom. The first kappa shape index (κ1) is 13.4. The van der Waals surface area contributed by atoms with Gasteiger partial charge in [0.1, 0.15) is 0 Å². The molecular weight excluding hydrogens is 250 g/mol. The molecule has 0 saturated carbocycles. The van der Waals surface area contributed by atoms with Crippen molar-refractivity contribution in [3.05, 3.63) is 12.4 Å². The number of anilines is 1. The van der Waals surface area contributed by atoms with Crippen LogP contribution in [0.4, 0.5) is 5.95 Å². The van der Waals surface area contributed by atoms with Crippen LogP contribution in [-0.4, -0.2) is 31.8 Å². The average molecular weight is 268 g/mol. The zero-order valence-electron chi connectivity index (χ0n) is 10.7. The molecule has 2 rings (SSSR count). The van der Waals surface area contributed by atoms with Crippen LogP contribution >= 0.6 is 0 Å². The minimum atomic E-state index is -2.25. The number of hydrogen-bond acceptors (Lipinski definition) is 5. The molecular formula is C12H18N3O2S-. The predicted octanol–water partition coefficient (Wildman–Crippen LogP) is 1.59. The van der Waals surface area contributed by atoms with Crippen molar-refractivity contribution in [3.63, 3.8) is 0 Å². The summed E-state index contributed by atoms with van der Waals surface area (Å²) in [5.41, 5.74) is 0. The SMILES string of the molecule is CC(C)C1CCN(c2ncc(S(=O)[O-])cn2)CC1. The Morgan fingerprint density at radius 3 is 2.33 bits per heavy atom. The Hall–Kier alpha value is -1.01. The van der Waals surface area contributed by atoms with Crippen molar-refractivity contribution in [2.75, 3.05) is 18.0 Å². The van der Waals surface area contributed by atoms with E-state index in [0.717, 1.165) is 37.8 Å². The van der Waals surface area contributed by atoms with Gasteiger partial charge in [0.2, 0.25) is 5.95 Å². The van der Waals surface area contributed by atoms with E-state index >= 15 is 0 Å². The van der Waals surface area contributed by atoms with Gasteiger partial charge in [-0.2, -0.15) is 0 Å². The summed E-state index contributed by atoms with van der Waals surface area (Å²) in [6, 6.07) is 0. The van der Waals surface area contributed by atoms with Gasteiger partial charge in [-0.05, 0) is 35.8 Å². The van der Waals surface area contributed by atoms with Gasteiger partial charge in [-0.3, -0.25) is 4.21 Å². The van der Waals surface area contributed by atoms with Crippen molar-refractivity contribution in [1.29, 1.82) is 0 Å². The first-order valence-electron chi connectivity index (χ1n) is 6.24. The number of hydrogen-bond donors (Lipinski definition) is 0. The Morgan fingerprint density at radius 1 is 1.33 bits per heavy atom. The quantitative estimate of drug-likeness (QED) is 0.779. The van der Waals surface area contributed by atoms with Crippen LogP contribution in [0.5, 0.6) is 0 Å². The fourth-order valence-corrected chi connectivity index (χ4v) is 2.60. The molecule has 1 fully saturated rings. The molecule has 0 radical (unpaired) electrons. The Balaban J connectivity index is 1.99. The zero-order chi connectivity index (χ0) is 13.1. The van der Waals surface area contributed by atoms with Gasteiger partial charge in [-0.25, -0.2) is 9.97 Å². The summed E-state index contributed by atoms with van der Waals surface area (Å²) in [7, 11) is 0. The molecule has 0 N–H and O–H groups in total. The summed E-state index contributed by atoms with van der Waals surface area (Å²) in [6.07, 6.45) is 5.02. The highest BCUT2D eigenvalue weighted by molar-refractivity contribution is 7.79. The lowest BCUT2D eigenvalue weighted by molar-refractivity contribution is 0.310. The van der Waals surface area contributed by atoms with Crippen molar-refractivity contribution in [2.45, 2.75) is 31.6 Å². The summed E-state index contributed by atoms with van der Waals surface area (Å²) in [5, 5.41) is 0. The molecule has 1 unspecified atom stereocenters. The minimum absolute atomic E-state index is 0.135. The molecule has 1 saturated heterocycles. The normalized spacial score (nSPS) is 19.2. The van der Waals surface area contributed by atoms with Crippen molar-refractivity contribution in [3.8, 4) is 0 Å². The standard InChI is InChI=1S/C12H19N3O2S/c1-9(2)10-3-5-15(6-4-10)12-13-7-11(8-14-12)18(16)17/h7-10H,3-6H2,1-2H3,(H,16,17)/p-1. The molecule has 0 amide bonds. The van der Waals surface area contributed by atoms with E-state index in [9.17, 15) is 8.76 Å². The van der Waals surface area contributed by atoms with E-state index in [0.29, 0.717) is 5.95 Å². The second-order valence-electron chi connectivity index (χ2n) is 5.02. The highest BCUT2D eigenvalue weighted by Crippen LogP contribution is 2.26. The maximum Gasteiger partial charge on any atom is 0.225 e. The maximum absolute atomic E-state index is 10.7. The molecule has 18 heavy (non-hydrogen) atoms. The van der Waals surface area contributed by atoms with E-state index in [-0.39, 0.29) is 4.90 Å². The van der Waals surface area contributed by atoms with Crippen LogP contribution < -0.4 is 4.90 Å². The second-order valence-corrected chi connectivity index (χ2v) is 5.96. The van der Waals surface area contributed by atoms with Gasteiger partial charge >= 0.3 is 0 Å². The minimum Gasteiger partial charge on any atom is -0.768 e. The topological polar surface area (TPSA) is 69.2 Å². The second kappa shape index (κ2) is 5.75. The van der Waals surface area contributed by atoms with Crippen LogP contribution in [-0.2, 0) is 11.1 Å². The summed E-state index contributed by atoms with van der Waals surface area (Å²) in [4.78, 5) is 10.5. The van der Waals surface area contributed by atoms with Gasteiger partial charge in [0, 0.05) is 25.5 Å². The lowest BCUT2D eigenvalue weighted by atomic mass is 9.87. The van der Waals surface area contributed by atoms with Gasteiger partial charge in [0.05, 0.1) is 4.90 Å². The molecule has 0 spiro atoms. The number of nitrogens with zero attached hydrogens (tertiary/aromatic N) is 3. The third-order valence-corrected chi connectivity index (χ3v) is 4.17. The van der Waals surface area contributed by atoms with E-state index < -0.39 is 11.1 Å². The number of rotatable bonds is 3. The molecule has 1 atom stereocenters. The van der Waals surface area contributed by atoms with E-state index in [1.54, 1.807) is 0 Å². The number of aromatic nitrogens is 2. The summed E-state index contributed by atoms with van der Waals surface area (Å²) < 4.78 is 21.4. The van der Waals surface area contributed by atoms with Crippen molar-refractivity contribution in [2.24, 2.45) is 11.8 Å². The van der Waals surface area contributed by atoms with E-state index in [2.05, 4.69) is 28.7 Å². The van der Waals surface area contributed by atoms with Gasteiger partial charge in [-0.15, -0.1) is 0 Å². The van der Waals surface area contributed by atoms with Crippen LogP contribution in [0.2, 0.25) is 0 Å². The van der Waals surface area contributed by atoms with Crippen molar-refractivity contribution in [1.82, 2.24) is 9.97 Å². The molecule has 2 heterocycles. The van der Waals surface area contributed by atoms with Crippen molar-refractivity contribution >= 4 is 17.0 Å². The van der Waals surface area contributed by atoms with E-state index in [1.165, 1.54) is 12.4 Å². The molecule has 0 bridgehead atoms. The van der Waals surface area contributed by atoms with E-state index in [1.807, 2.05) is 0 Å². The lowest BCUT2D eigenvalue weighted by Gasteiger charge is -2.33. The Kier molecular flexibility index (Phi) is 4.29. The third-order valence-electron chi connectivity index (χ3n) is 3.57. The summed E-state index contributed by atoms with van der Waals surface area (Å²) in [6.45, 7) is 6.41.